The summed E-state index contributed by atoms with van der Waals surface area (Å²) in [6, 6.07) is 10.6. The van der Waals surface area contributed by atoms with E-state index in [9.17, 15) is 9.59 Å². The van der Waals surface area contributed by atoms with Crippen LogP contribution in [0.5, 0.6) is 5.75 Å². The number of morpholine rings is 1. The highest BCUT2D eigenvalue weighted by Gasteiger charge is 2.23. The molecule has 6 nitrogen and oxygen atoms in total. The van der Waals surface area contributed by atoms with E-state index in [1.165, 1.54) is 0 Å². The first-order valence-corrected chi connectivity index (χ1v) is 9.95. The van der Waals surface area contributed by atoms with Gasteiger partial charge in [0.1, 0.15) is 5.75 Å². The average Bonchev–Trinajstić information content (AvgIpc) is 2.72. The maximum Gasteiger partial charge on any atom is 0.265 e. The molecule has 0 radical (unpaired) electrons. The molecule has 1 aliphatic rings. The molecule has 154 valence electrons. The Labute approximate surface area is 175 Å². The molecule has 1 N–H and O–H groups in total. The number of hydrogen-bond donors (Lipinski definition) is 1. The Morgan fingerprint density at radius 2 is 1.76 bits per heavy atom. The van der Waals surface area contributed by atoms with Crippen molar-refractivity contribution in [1.29, 1.82) is 0 Å². The van der Waals surface area contributed by atoms with Crippen molar-refractivity contribution in [1.82, 2.24) is 4.90 Å². The molecule has 2 aromatic carbocycles. The summed E-state index contributed by atoms with van der Waals surface area (Å²) < 4.78 is 11.1. The van der Waals surface area contributed by atoms with Crippen molar-refractivity contribution in [2.75, 3.05) is 31.6 Å². The van der Waals surface area contributed by atoms with Crippen LogP contribution in [0.1, 0.15) is 28.4 Å². The number of para-hydroxylation sites is 1. The third-order valence-electron chi connectivity index (χ3n) is 4.81. The van der Waals surface area contributed by atoms with E-state index in [2.05, 4.69) is 5.32 Å². The van der Waals surface area contributed by atoms with Gasteiger partial charge >= 0.3 is 0 Å². The number of nitrogens with zero attached hydrogens (tertiary/aromatic N) is 1. The van der Waals surface area contributed by atoms with E-state index in [4.69, 9.17) is 21.1 Å². The Balaban J connectivity index is 1.71. The van der Waals surface area contributed by atoms with E-state index in [0.717, 1.165) is 11.1 Å². The van der Waals surface area contributed by atoms with E-state index >= 15 is 0 Å². The van der Waals surface area contributed by atoms with Crippen molar-refractivity contribution >= 4 is 29.1 Å². The van der Waals surface area contributed by atoms with Gasteiger partial charge in [-0.05, 0) is 56.2 Å². The zero-order chi connectivity index (χ0) is 21.0. The first-order chi connectivity index (χ1) is 13.9. The van der Waals surface area contributed by atoms with Crippen LogP contribution >= 0.6 is 11.6 Å². The highest BCUT2D eigenvalue weighted by Crippen LogP contribution is 2.27. The molecule has 7 heteroatoms. The lowest BCUT2D eigenvalue weighted by Crippen LogP contribution is -2.41. The summed E-state index contributed by atoms with van der Waals surface area (Å²) in [5, 5.41) is 3.51. The molecule has 1 saturated heterocycles. The molecular weight excluding hydrogens is 392 g/mol. The Kier molecular flexibility index (Phi) is 6.77. The summed E-state index contributed by atoms with van der Waals surface area (Å²) in [7, 11) is 0. The second-order valence-corrected chi connectivity index (χ2v) is 7.45. The number of anilines is 1. The number of benzene rings is 2. The zero-order valence-electron chi connectivity index (χ0n) is 16.8. The molecule has 0 aromatic heterocycles. The molecular formula is C22H25ClN2O4. The van der Waals surface area contributed by atoms with Gasteiger partial charge in [-0.3, -0.25) is 9.59 Å². The number of ether oxygens (including phenoxy) is 2. The molecule has 1 unspecified atom stereocenters. The molecule has 0 aliphatic carbocycles. The normalized spacial score (nSPS) is 15.0. The summed E-state index contributed by atoms with van der Waals surface area (Å²) in [6.07, 6.45) is -0.749. The lowest BCUT2D eigenvalue weighted by molar-refractivity contribution is -0.122. The number of aryl methyl sites for hydroxylation is 2. The van der Waals surface area contributed by atoms with Crippen LogP contribution in [0.15, 0.2) is 36.4 Å². The van der Waals surface area contributed by atoms with Gasteiger partial charge in [-0.1, -0.05) is 23.7 Å². The van der Waals surface area contributed by atoms with Crippen LogP contribution < -0.4 is 10.1 Å². The van der Waals surface area contributed by atoms with Gasteiger partial charge in [0.25, 0.3) is 11.8 Å². The zero-order valence-corrected chi connectivity index (χ0v) is 17.6. The van der Waals surface area contributed by atoms with Crippen LogP contribution in [0.4, 0.5) is 5.69 Å². The van der Waals surface area contributed by atoms with Crippen molar-refractivity contribution < 1.29 is 19.1 Å². The molecule has 0 saturated carbocycles. The third-order valence-corrected chi connectivity index (χ3v) is 5.40. The number of nitrogens with one attached hydrogen (secondary N) is 1. The van der Waals surface area contributed by atoms with Gasteiger partial charge in [0.05, 0.1) is 24.5 Å². The molecule has 1 atom stereocenters. The van der Waals surface area contributed by atoms with E-state index < -0.39 is 6.10 Å². The second kappa shape index (κ2) is 9.29. The minimum Gasteiger partial charge on any atom is -0.481 e. The quantitative estimate of drug-likeness (QED) is 0.804. The molecule has 29 heavy (non-hydrogen) atoms. The van der Waals surface area contributed by atoms with Crippen LogP contribution in [-0.2, 0) is 9.53 Å². The topological polar surface area (TPSA) is 67.9 Å². The smallest absolute Gasteiger partial charge is 0.265 e. The number of carbonyl (C=O) groups excluding carboxylic acids is 2. The molecule has 2 amide bonds. The van der Waals surface area contributed by atoms with Gasteiger partial charge in [-0.25, -0.2) is 0 Å². The van der Waals surface area contributed by atoms with Crippen molar-refractivity contribution in [3.05, 3.63) is 58.1 Å². The van der Waals surface area contributed by atoms with Crippen molar-refractivity contribution in [3.8, 4) is 5.75 Å². The summed E-state index contributed by atoms with van der Waals surface area (Å²) in [5.41, 5.74) is 2.69. The molecule has 2 aromatic rings. The predicted molar refractivity (Wildman–Crippen MR) is 113 cm³/mol. The SMILES string of the molecule is Cc1cc(OC(C)C(=O)Nc2ccccc2C(=O)N2CCOCC2)cc(C)c1Cl. The lowest BCUT2D eigenvalue weighted by Gasteiger charge is -2.27. The maximum atomic E-state index is 12.8. The lowest BCUT2D eigenvalue weighted by atomic mass is 10.1. The largest absolute Gasteiger partial charge is 0.481 e. The molecule has 0 bridgehead atoms. The Morgan fingerprint density at radius 1 is 1.14 bits per heavy atom. The number of rotatable bonds is 5. The first-order valence-electron chi connectivity index (χ1n) is 9.57. The van der Waals surface area contributed by atoms with Gasteiger partial charge in [-0.15, -0.1) is 0 Å². The molecule has 1 aliphatic heterocycles. The van der Waals surface area contributed by atoms with Crippen molar-refractivity contribution in [2.45, 2.75) is 26.9 Å². The van der Waals surface area contributed by atoms with E-state index in [-0.39, 0.29) is 11.8 Å². The van der Waals surface area contributed by atoms with Crippen LogP contribution in [0, 0.1) is 13.8 Å². The fourth-order valence-electron chi connectivity index (χ4n) is 3.18. The van der Waals surface area contributed by atoms with E-state index in [1.54, 1.807) is 48.2 Å². The van der Waals surface area contributed by atoms with Gasteiger partial charge in [-0.2, -0.15) is 0 Å². The van der Waals surface area contributed by atoms with Crippen molar-refractivity contribution in [2.24, 2.45) is 0 Å². The van der Waals surface area contributed by atoms with Crippen molar-refractivity contribution in [3.63, 3.8) is 0 Å². The molecule has 0 spiro atoms. The minimum atomic E-state index is -0.749. The fourth-order valence-corrected chi connectivity index (χ4v) is 3.29. The number of hydrogen-bond acceptors (Lipinski definition) is 4. The maximum absolute atomic E-state index is 12.8. The first kappa shape index (κ1) is 21.1. The third kappa shape index (κ3) is 5.08. The number of carbonyl (C=O) groups is 2. The standard InChI is InChI=1S/C22H25ClN2O4/c1-14-12-17(13-15(2)20(14)23)29-16(3)21(26)24-19-7-5-4-6-18(19)22(27)25-8-10-28-11-9-25/h4-7,12-13,16H,8-11H2,1-3H3,(H,24,26). The Morgan fingerprint density at radius 3 is 2.41 bits per heavy atom. The number of amides is 2. The van der Waals surface area contributed by atoms with Crippen LogP contribution in [0.3, 0.4) is 0 Å². The average molecular weight is 417 g/mol. The highest BCUT2D eigenvalue weighted by molar-refractivity contribution is 6.32. The minimum absolute atomic E-state index is 0.123. The van der Waals surface area contributed by atoms with Gasteiger partial charge in [0.2, 0.25) is 0 Å². The van der Waals surface area contributed by atoms with Gasteiger partial charge in [0, 0.05) is 18.1 Å². The molecule has 1 fully saturated rings. The van der Waals surface area contributed by atoms with Crippen LogP contribution in [-0.4, -0.2) is 49.1 Å². The van der Waals surface area contributed by atoms with Crippen LogP contribution in [0.2, 0.25) is 5.02 Å². The second-order valence-electron chi connectivity index (χ2n) is 7.07. The molecule has 3 rings (SSSR count). The Hall–Kier alpha value is -2.57. The summed E-state index contributed by atoms with van der Waals surface area (Å²) in [6.45, 7) is 7.56. The summed E-state index contributed by atoms with van der Waals surface area (Å²) >= 11 is 6.19. The summed E-state index contributed by atoms with van der Waals surface area (Å²) in [5.74, 6) is 0.115. The molecule has 1 heterocycles. The number of halogens is 1. The summed E-state index contributed by atoms with van der Waals surface area (Å²) in [4.78, 5) is 27.3. The highest BCUT2D eigenvalue weighted by atomic mass is 35.5. The van der Waals surface area contributed by atoms with E-state index in [0.29, 0.717) is 48.3 Å². The van der Waals surface area contributed by atoms with E-state index in [1.807, 2.05) is 13.8 Å². The van der Waals surface area contributed by atoms with Gasteiger partial charge < -0.3 is 19.7 Å². The Bertz CT molecular complexity index is 886. The van der Waals surface area contributed by atoms with Crippen LogP contribution in [0.25, 0.3) is 0 Å². The van der Waals surface area contributed by atoms with Gasteiger partial charge in [0.15, 0.2) is 6.10 Å². The predicted octanol–water partition coefficient (Wildman–Crippen LogP) is 3.84. The monoisotopic (exact) mass is 416 g/mol. The fraction of sp³-hybridized carbons (Fsp3) is 0.364.